The Balaban J connectivity index is 1.54. The summed E-state index contributed by atoms with van der Waals surface area (Å²) in [6.45, 7) is 4.46. The third-order valence-corrected chi connectivity index (χ3v) is 6.91. The first-order valence-corrected chi connectivity index (χ1v) is 12.0. The van der Waals surface area contributed by atoms with Crippen LogP contribution in [0.15, 0.2) is 46.4 Å². The van der Waals surface area contributed by atoms with E-state index in [4.69, 9.17) is 19.0 Å². The molecule has 1 amide bonds. The molecular formula is C23H27N3O8S. The summed E-state index contributed by atoms with van der Waals surface area (Å²) in [5.74, 6) is -0.188. The number of hydrogen-bond donors (Lipinski definition) is 1. The highest BCUT2D eigenvalue weighted by atomic mass is 32.2. The van der Waals surface area contributed by atoms with Gasteiger partial charge in [-0.15, -0.1) is 0 Å². The molecule has 3 rings (SSSR count). The van der Waals surface area contributed by atoms with Gasteiger partial charge in [-0.25, -0.2) is 17.5 Å². The fraction of sp³-hybridized carbons (Fsp3) is 0.348. The van der Waals surface area contributed by atoms with E-state index in [1.807, 2.05) is 0 Å². The molecule has 2 aromatic rings. The Morgan fingerprint density at radius 1 is 1.14 bits per heavy atom. The van der Waals surface area contributed by atoms with Gasteiger partial charge in [0.2, 0.25) is 23.4 Å². The average molecular weight is 506 g/mol. The normalized spacial score (nSPS) is 13.9. The number of amides is 1. The summed E-state index contributed by atoms with van der Waals surface area (Å²) >= 11 is 0. The second-order valence-electron chi connectivity index (χ2n) is 7.90. The Hall–Kier alpha value is -3.64. The van der Waals surface area contributed by atoms with Crippen LogP contribution in [0.25, 0.3) is 0 Å². The van der Waals surface area contributed by atoms with Crippen molar-refractivity contribution in [1.29, 1.82) is 0 Å². The maximum absolute atomic E-state index is 12.5. The van der Waals surface area contributed by atoms with Crippen LogP contribution in [0.2, 0.25) is 0 Å². The summed E-state index contributed by atoms with van der Waals surface area (Å²) in [5.41, 5.74) is 2.17. The van der Waals surface area contributed by atoms with Gasteiger partial charge in [-0.3, -0.25) is 4.79 Å². The first kappa shape index (κ1) is 26.0. The number of carbonyl (C=O) groups is 2. The summed E-state index contributed by atoms with van der Waals surface area (Å²) in [4.78, 5) is 29.7. The van der Waals surface area contributed by atoms with E-state index in [0.29, 0.717) is 28.5 Å². The maximum atomic E-state index is 12.5. The van der Waals surface area contributed by atoms with Gasteiger partial charge in [0.25, 0.3) is 5.91 Å². The van der Waals surface area contributed by atoms with Crippen molar-refractivity contribution in [3.8, 4) is 11.5 Å². The van der Waals surface area contributed by atoms with Gasteiger partial charge in [-0.05, 0) is 56.7 Å². The smallest absolute Gasteiger partial charge is 0.347 e. The topological polar surface area (TPSA) is 133 Å². The fourth-order valence-corrected chi connectivity index (χ4v) is 3.91. The first-order chi connectivity index (χ1) is 16.5. The minimum absolute atomic E-state index is 0.0251. The SMILES string of the molecule is C/C(=N\OCC(=O)OC(C)C(=O)Nc1cc(S(=O)(=O)N(C)C)ccc1C)c1ccc2c(c1)OCO2. The van der Waals surface area contributed by atoms with E-state index in [2.05, 4.69) is 10.5 Å². The van der Waals surface area contributed by atoms with Crippen molar-refractivity contribution in [3.63, 3.8) is 0 Å². The lowest BCUT2D eigenvalue weighted by Gasteiger charge is -2.16. The van der Waals surface area contributed by atoms with E-state index in [0.717, 1.165) is 9.87 Å². The molecule has 1 aliphatic rings. The number of anilines is 1. The first-order valence-electron chi connectivity index (χ1n) is 10.6. The molecule has 188 valence electrons. The van der Waals surface area contributed by atoms with E-state index in [-0.39, 0.29) is 11.7 Å². The third-order valence-electron chi connectivity index (χ3n) is 5.10. The van der Waals surface area contributed by atoms with Gasteiger partial charge in [-0.2, -0.15) is 0 Å². The van der Waals surface area contributed by atoms with Crippen LogP contribution in [-0.4, -0.2) is 63.9 Å². The number of hydrogen-bond acceptors (Lipinski definition) is 9. The number of esters is 1. The number of nitrogens with one attached hydrogen (secondary N) is 1. The van der Waals surface area contributed by atoms with Gasteiger partial charge in [0, 0.05) is 25.3 Å². The molecule has 0 saturated heterocycles. The highest BCUT2D eigenvalue weighted by Crippen LogP contribution is 2.32. The second-order valence-corrected chi connectivity index (χ2v) is 10.1. The molecule has 1 N–H and O–H groups in total. The molecule has 1 unspecified atom stereocenters. The summed E-state index contributed by atoms with van der Waals surface area (Å²) in [7, 11) is -0.848. The Kier molecular flexibility index (Phi) is 7.97. The van der Waals surface area contributed by atoms with Gasteiger partial charge in [-0.1, -0.05) is 11.2 Å². The monoisotopic (exact) mass is 505 g/mol. The summed E-state index contributed by atoms with van der Waals surface area (Å²) in [6, 6.07) is 9.66. The minimum atomic E-state index is -3.68. The molecule has 12 heteroatoms. The number of rotatable bonds is 9. The lowest BCUT2D eigenvalue weighted by molar-refractivity contribution is -0.157. The van der Waals surface area contributed by atoms with Gasteiger partial charge in [0.05, 0.1) is 10.6 Å². The molecule has 1 atom stereocenters. The lowest BCUT2D eigenvalue weighted by atomic mass is 10.1. The molecule has 1 heterocycles. The van der Waals surface area contributed by atoms with Crippen molar-refractivity contribution in [2.24, 2.45) is 5.16 Å². The van der Waals surface area contributed by atoms with E-state index in [9.17, 15) is 18.0 Å². The minimum Gasteiger partial charge on any atom is -0.454 e. The van der Waals surface area contributed by atoms with Crippen molar-refractivity contribution in [1.82, 2.24) is 4.31 Å². The Labute approximate surface area is 203 Å². The zero-order valence-corrected chi connectivity index (χ0v) is 20.8. The molecule has 0 spiro atoms. The van der Waals surface area contributed by atoms with Crippen molar-refractivity contribution in [2.75, 3.05) is 32.8 Å². The van der Waals surface area contributed by atoms with Crippen molar-refractivity contribution >= 4 is 33.3 Å². The van der Waals surface area contributed by atoms with Gasteiger partial charge >= 0.3 is 5.97 Å². The van der Waals surface area contributed by atoms with Gasteiger partial charge in [0.1, 0.15) is 0 Å². The Morgan fingerprint density at radius 2 is 1.86 bits per heavy atom. The van der Waals surface area contributed by atoms with E-state index >= 15 is 0 Å². The summed E-state index contributed by atoms with van der Waals surface area (Å²) in [6.07, 6.45) is -1.15. The molecule has 0 fully saturated rings. The van der Waals surface area contributed by atoms with Crippen LogP contribution in [-0.2, 0) is 29.2 Å². The van der Waals surface area contributed by atoms with Crippen LogP contribution < -0.4 is 14.8 Å². The Morgan fingerprint density at radius 3 is 2.57 bits per heavy atom. The molecule has 0 aromatic heterocycles. The quantitative estimate of drug-likeness (QED) is 0.312. The molecule has 0 bridgehead atoms. The molecular weight excluding hydrogens is 478 g/mol. The molecule has 0 aliphatic carbocycles. The highest BCUT2D eigenvalue weighted by molar-refractivity contribution is 7.89. The van der Waals surface area contributed by atoms with Crippen molar-refractivity contribution in [3.05, 3.63) is 47.5 Å². The lowest BCUT2D eigenvalue weighted by Crippen LogP contribution is -2.31. The van der Waals surface area contributed by atoms with Crippen LogP contribution in [0.5, 0.6) is 11.5 Å². The number of oxime groups is 1. The molecule has 0 saturated carbocycles. The van der Waals surface area contributed by atoms with Gasteiger partial charge < -0.3 is 24.4 Å². The Bertz CT molecular complexity index is 1260. The number of fused-ring (bicyclic) bond motifs is 1. The molecule has 0 radical (unpaired) electrons. The van der Waals surface area contributed by atoms with Crippen LogP contribution >= 0.6 is 0 Å². The van der Waals surface area contributed by atoms with Crippen LogP contribution in [0.3, 0.4) is 0 Å². The third kappa shape index (κ3) is 6.28. The maximum Gasteiger partial charge on any atom is 0.347 e. The van der Waals surface area contributed by atoms with Crippen molar-refractivity contribution in [2.45, 2.75) is 31.8 Å². The van der Waals surface area contributed by atoms with E-state index < -0.39 is 34.6 Å². The molecule has 35 heavy (non-hydrogen) atoms. The van der Waals surface area contributed by atoms with Crippen LogP contribution in [0.1, 0.15) is 25.0 Å². The van der Waals surface area contributed by atoms with Crippen LogP contribution in [0, 0.1) is 6.92 Å². The fourth-order valence-electron chi connectivity index (χ4n) is 2.98. The standard InChI is InChI=1S/C23H27N3O8S/c1-14-6-8-18(35(29,30)26(4)5)11-19(14)24-23(28)16(3)34-22(27)12-33-25-15(2)17-7-9-20-21(10-17)32-13-31-20/h6-11,16H,12-13H2,1-5H3,(H,24,28)/b25-15+. The van der Waals surface area contributed by atoms with E-state index in [1.165, 1.54) is 33.2 Å². The van der Waals surface area contributed by atoms with Crippen molar-refractivity contribution < 1.29 is 37.1 Å². The number of ether oxygens (including phenoxy) is 3. The van der Waals surface area contributed by atoms with E-state index in [1.54, 1.807) is 38.1 Å². The molecule has 2 aromatic carbocycles. The molecule has 1 aliphatic heterocycles. The average Bonchev–Trinajstić information content (AvgIpc) is 3.28. The predicted molar refractivity (Wildman–Crippen MR) is 127 cm³/mol. The number of nitrogens with zero attached hydrogens (tertiary/aromatic N) is 2. The number of benzene rings is 2. The number of carbonyl (C=O) groups excluding carboxylic acids is 2. The number of sulfonamides is 1. The zero-order valence-electron chi connectivity index (χ0n) is 20.0. The predicted octanol–water partition coefficient (Wildman–Crippen LogP) is 2.29. The van der Waals surface area contributed by atoms with Crippen LogP contribution in [0.4, 0.5) is 5.69 Å². The summed E-state index contributed by atoms with van der Waals surface area (Å²) in [5, 5.41) is 6.49. The van der Waals surface area contributed by atoms with Gasteiger partial charge in [0.15, 0.2) is 17.6 Å². The number of aryl methyl sites for hydroxylation is 1. The highest BCUT2D eigenvalue weighted by Gasteiger charge is 2.22. The second kappa shape index (κ2) is 10.7. The largest absolute Gasteiger partial charge is 0.454 e. The summed E-state index contributed by atoms with van der Waals surface area (Å²) < 4.78 is 41.5. The molecule has 11 nitrogen and oxygen atoms in total. The zero-order chi connectivity index (χ0) is 25.8.